The molecule has 0 unspecified atom stereocenters. The quantitative estimate of drug-likeness (QED) is 0.677. The summed E-state index contributed by atoms with van der Waals surface area (Å²) in [6.45, 7) is 7.01. The van der Waals surface area contributed by atoms with Crippen molar-refractivity contribution in [2.45, 2.75) is 58.2 Å². The van der Waals surface area contributed by atoms with E-state index in [-0.39, 0.29) is 23.8 Å². The number of hydrogen-bond acceptors (Lipinski definition) is 5. The second-order valence-electron chi connectivity index (χ2n) is 8.89. The van der Waals surface area contributed by atoms with E-state index < -0.39 is 0 Å². The van der Waals surface area contributed by atoms with Crippen molar-refractivity contribution in [2.24, 2.45) is 5.92 Å². The van der Waals surface area contributed by atoms with E-state index in [0.717, 1.165) is 62.3 Å². The molecule has 0 spiro atoms. The highest BCUT2D eigenvalue weighted by molar-refractivity contribution is 5.79. The lowest BCUT2D eigenvalue weighted by atomic mass is 10.0. The molecule has 1 aromatic heterocycles. The van der Waals surface area contributed by atoms with Crippen LogP contribution in [0.2, 0.25) is 0 Å². The van der Waals surface area contributed by atoms with Crippen LogP contribution in [-0.4, -0.2) is 65.1 Å². The molecule has 8 heteroatoms. The summed E-state index contributed by atoms with van der Waals surface area (Å²) in [5.74, 6) is 0.699. The van der Waals surface area contributed by atoms with E-state index in [4.69, 9.17) is 4.74 Å². The van der Waals surface area contributed by atoms with Crippen molar-refractivity contribution >= 4 is 22.8 Å². The molecule has 168 valence electrons. The molecule has 1 aromatic carbocycles. The fourth-order valence-electron chi connectivity index (χ4n) is 4.77. The summed E-state index contributed by atoms with van der Waals surface area (Å²) in [5.41, 5.74) is 3.07. The number of likely N-dealkylation sites (tertiary alicyclic amines) is 1. The Kier molecular flexibility index (Phi) is 6.87. The largest absolute Gasteiger partial charge is 0.381 e. The average molecular weight is 428 g/mol. The predicted molar refractivity (Wildman–Crippen MR) is 118 cm³/mol. The molecular formula is C23H33N5O3. The second-order valence-corrected chi connectivity index (χ2v) is 8.89. The molecule has 0 aliphatic carbocycles. The zero-order valence-corrected chi connectivity index (χ0v) is 18.4. The molecule has 2 saturated heterocycles. The Hall–Kier alpha value is -2.45. The number of hydrogen-bond donors (Lipinski definition) is 3. The van der Waals surface area contributed by atoms with Gasteiger partial charge in [0.2, 0.25) is 11.8 Å². The van der Waals surface area contributed by atoms with Crippen LogP contribution in [0, 0.1) is 12.8 Å². The number of fused-ring (bicyclic) bond motifs is 1. The summed E-state index contributed by atoms with van der Waals surface area (Å²) in [6, 6.07) is 6.57. The monoisotopic (exact) mass is 427 g/mol. The van der Waals surface area contributed by atoms with Crippen LogP contribution >= 0.6 is 0 Å². The molecule has 2 atom stereocenters. The van der Waals surface area contributed by atoms with Crippen LogP contribution in [0.4, 0.5) is 0 Å². The Labute approximate surface area is 183 Å². The standard InChI is InChI=1S/C23H33N5O3/c1-15-3-6-20-21(11-15)27-22(26-20)12-24-23(30)17-4-5-18(25-16(2)29)14-28(13-17)19-7-9-31-10-8-19/h3,6,11,17-19H,4-5,7-10,12-14H2,1-2H3,(H,24,30)(H,25,29)(H,26,27)/t17-,18+/m1/s1. The molecule has 3 heterocycles. The summed E-state index contributed by atoms with van der Waals surface area (Å²) in [6.07, 6.45) is 3.51. The van der Waals surface area contributed by atoms with E-state index >= 15 is 0 Å². The third kappa shape index (κ3) is 5.62. The van der Waals surface area contributed by atoms with E-state index in [1.54, 1.807) is 6.92 Å². The molecule has 2 aliphatic heterocycles. The highest BCUT2D eigenvalue weighted by atomic mass is 16.5. The van der Waals surface area contributed by atoms with E-state index in [2.05, 4.69) is 31.6 Å². The molecule has 2 aromatic rings. The number of rotatable bonds is 5. The number of carbonyl (C=O) groups is 2. The molecule has 3 N–H and O–H groups in total. The van der Waals surface area contributed by atoms with Crippen LogP contribution < -0.4 is 10.6 Å². The fourth-order valence-corrected chi connectivity index (χ4v) is 4.77. The van der Waals surface area contributed by atoms with Gasteiger partial charge in [-0.3, -0.25) is 14.5 Å². The normalized spacial score (nSPS) is 23.4. The van der Waals surface area contributed by atoms with Crippen LogP contribution in [0.25, 0.3) is 11.0 Å². The summed E-state index contributed by atoms with van der Waals surface area (Å²) < 4.78 is 5.52. The molecular weight excluding hydrogens is 394 g/mol. The molecule has 2 aliphatic rings. The van der Waals surface area contributed by atoms with Gasteiger partial charge in [0.25, 0.3) is 0 Å². The summed E-state index contributed by atoms with van der Waals surface area (Å²) in [5, 5.41) is 6.15. The second kappa shape index (κ2) is 9.78. The Bertz CT molecular complexity index is 921. The molecule has 2 fully saturated rings. The van der Waals surface area contributed by atoms with Gasteiger partial charge in [0.05, 0.1) is 23.5 Å². The molecule has 2 amide bonds. The number of ether oxygens (including phenoxy) is 1. The number of aromatic nitrogens is 2. The van der Waals surface area contributed by atoms with Crippen LogP contribution in [0.5, 0.6) is 0 Å². The average Bonchev–Trinajstić information content (AvgIpc) is 3.03. The Morgan fingerprint density at radius 3 is 2.77 bits per heavy atom. The Morgan fingerprint density at radius 1 is 1.19 bits per heavy atom. The van der Waals surface area contributed by atoms with Gasteiger partial charge in [0.15, 0.2) is 0 Å². The minimum atomic E-state index is -0.103. The van der Waals surface area contributed by atoms with Gasteiger partial charge in [-0.05, 0) is 50.3 Å². The van der Waals surface area contributed by atoms with Crippen LogP contribution in [0.15, 0.2) is 18.2 Å². The SMILES string of the molecule is CC(=O)N[C@H]1CC[C@@H](C(=O)NCc2nc3ccc(C)cc3[nH]2)CN(C2CCOCC2)C1. The van der Waals surface area contributed by atoms with E-state index in [1.807, 2.05) is 19.1 Å². The van der Waals surface area contributed by atoms with E-state index in [0.29, 0.717) is 19.1 Å². The van der Waals surface area contributed by atoms with Gasteiger partial charge >= 0.3 is 0 Å². The predicted octanol–water partition coefficient (Wildman–Crippen LogP) is 1.88. The number of benzene rings is 1. The van der Waals surface area contributed by atoms with Gasteiger partial charge in [-0.25, -0.2) is 4.98 Å². The van der Waals surface area contributed by atoms with E-state index in [9.17, 15) is 9.59 Å². The van der Waals surface area contributed by atoms with Crippen molar-refractivity contribution in [2.75, 3.05) is 26.3 Å². The lowest BCUT2D eigenvalue weighted by Gasteiger charge is -2.36. The number of aryl methyl sites for hydroxylation is 1. The van der Waals surface area contributed by atoms with Crippen LogP contribution in [0.1, 0.15) is 44.0 Å². The first kappa shape index (κ1) is 21.8. The molecule has 0 radical (unpaired) electrons. The number of H-pyrrole nitrogens is 1. The number of carbonyl (C=O) groups excluding carboxylic acids is 2. The van der Waals surface area contributed by atoms with Crippen LogP contribution in [0.3, 0.4) is 0 Å². The van der Waals surface area contributed by atoms with Crippen molar-refractivity contribution < 1.29 is 14.3 Å². The van der Waals surface area contributed by atoms with E-state index in [1.165, 1.54) is 5.56 Å². The van der Waals surface area contributed by atoms with Crippen molar-refractivity contribution in [3.05, 3.63) is 29.6 Å². The maximum atomic E-state index is 13.1. The first-order chi connectivity index (χ1) is 15.0. The number of imidazole rings is 1. The van der Waals surface area contributed by atoms with Crippen molar-refractivity contribution in [3.63, 3.8) is 0 Å². The topological polar surface area (TPSA) is 99.3 Å². The number of nitrogens with one attached hydrogen (secondary N) is 3. The Morgan fingerprint density at radius 2 is 2.00 bits per heavy atom. The third-order valence-corrected chi connectivity index (χ3v) is 6.38. The highest BCUT2D eigenvalue weighted by Crippen LogP contribution is 2.23. The smallest absolute Gasteiger partial charge is 0.224 e. The van der Waals surface area contributed by atoms with Gasteiger partial charge < -0.3 is 20.4 Å². The highest BCUT2D eigenvalue weighted by Gasteiger charge is 2.32. The number of amides is 2. The summed E-state index contributed by atoms with van der Waals surface area (Å²) >= 11 is 0. The molecule has 31 heavy (non-hydrogen) atoms. The van der Waals surface area contributed by atoms with Gasteiger partial charge in [0, 0.05) is 45.3 Å². The maximum absolute atomic E-state index is 13.1. The Balaban J connectivity index is 1.40. The van der Waals surface area contributed by atoms with Crippen LogP contribution in [-0.2, 0) is 20.9 Å². The molecule has 0 saturated carbocycles. The number of nitrogens with zero attached hydrogens (tertiary/aromatic N) is 2. The van der Waals surface area contributed by atoms with Crippen molar-refractivity contribution in [1.29, 1.82) is 0 Å². The van der Waals surface area contributed by atoms with Gasteiger partial charge in [0.1, 0.15) is 5.82 Å². The summed E-state index contributed by atoms with van der Waals surface area (Å²) in [7, 11) is 0. The molecule has 0 bridgehead atoms. The van der Waals surface area contributed by atoms with Crippen molar-refractivity contribution in [1.82, 2.24) is 25.5 Å². The minimum absolute atomic E-state index is 0.0139. The van der Waals surface area contributed by atoms with Gasteiger partial charge in [-0.2, -0.15) is 0 Å². The zero-order chi connectivity index (χ0) is 21.8. The van der Waals surface area contributed by atoms with Gasteiger partial charge in [-0.15, -0.1) is 0 Å². The lowest BCUT2D eigenvalue weighted by Crippen LogP contribution is -2.48. The fraction of sp³-hybridized carbons (Fsp3) is 0.609. The maximum Gasteiger partial charge on any atom is 0.224 e. The van der Waals surface area contributed by atoms with Crippen molar-refractivity contribution in [3.8, 4) is 0 Å². The summed E-state index contributed by atoms with van der Waals surface area (Å²) in [4.78, 5) is 35.0. The molecule has 4 rings (SSSR count). The molecule has 8 nitrogen and oxygen atoms in total. The first-order valence-electron chi connectivity index (χ1n) is 11.3. The first-order valence-corrected chi connectivity index (χ1v) is 11.3. The minimum Gasteiger partial charge on any atom is -0.381 e. The number of aromatic amines is 1. The zero-order valence-electron chi connectivity index (χ0n) is 18.4. The lowest BCUT2D eigenvalue weighted by molar-refractivity contribution is -0.126. The third-order valence-electron chi connectivity index (χ3n) is 6.38. The van der Waals surface area contributed by atoms with Gasteiger partial charge in [-0.1, -0.05) is 6.07 Å².